The van der Waals surface area contributed by atoms with Gasteiger partial charge >= 0.3 is 0 Å². The molecule has 0 saturated heterocycles. The fraction of sp³-hybridized carbons (Fsp3) is 0.238. The number of hydrogen-bond acceptors (Lipinski definition) is 2. The van der Waals surface area contributed by atoms with E-state index in [0.29, 0.717) is 13.1 Å². The molecule has 3 aromatic rings. The third-order valence-corrected chi connectivity index (χ3v) is 5.38. The molecule has 2 heterocycles. The number of imidazole rings is 1. The zero-order valence-electron chi connectivity index (χ0n) is 14.6. The lowest BCUT2D eigenvalue weighted by molar-refractivity contribution is -0.135. The van der Waals surface area contributed by atoms with Crippen LogP contribution in [-0.4, -0.2) is 26.9 Å². The maximum absolute atomic E-state index is 12.9. The molecule has 2 aromatic carbocycles. The SMILES string of the molecule is Cc1ccc(CCN2C(=O)Cn3cncc3C2c2cccc(Br)c2)cc1. The Balaban J connectivity index is 1.66. The fourth-order valence-electron chi connectivity index (χ4n) is 3.52. The summed E-state index contributed by atoms with van der Waals surface area (Å²) in [5, 5.41) is 0. The van der Waals surface area contributed by atoms with Gasteiger partial charge in [-0.05, 0) is 36.6 Å². The lowest BCUT2D eigenvalue weighted by Gasteiger charge is -2.37. The number of rotatable bonds is 4. The van der Waals surface area contributed by atoms with Crippen LogP contribution < -0.4 is 0 Å². The van der Waals surface area contributed by atoms with Crippen LogP contribution in [0.15, 0.2) is 65.5 Å². The predicted molar refractivity (Wildman–Crippen MR) is 105 cm³/mol. The first-order valence-corrected chi connectivity index (χ1v) is 9.51. The van der Waals surface area contributed by atoms with E-state index in [0.717, 1.165) is 22.2 Å². The maximum atomic E-state index is 12.9. The smallest absolute Gasteiger partial charge is 0.243 e. The van der Waals surface area contributed by atoms with E-state index in [4.69, 9.17) is 0 Å². The molecule has 1 aliphatic heterocycles. The van der Waals surface area contributed by atoms with E-state index in [-0.39, 0.29) is 11.9 Å². The molecule has 0 spiro atoms. The molecule has 132 valence electrons. The average Bonchev–Trinajstić information content (AvgIpc) is 3.08. The maximum Gasteiger partial charge on any atom is 0.243 e. The Morgan fingerprint density at radius 2 is 2.00 bits per heavy atom. The number of fused-ring (bicyclic) bond motifs is 1. The minimum atomic E-state index is -0.110. The van der Waals surface area contributed by atoms with Gasteiger partial charge in [-0.2, -0.15) is 0 Å². The van der Waals surface area contributed by atoms with Crippen molar-refractivity contribution in [2.75, 3.05) is 6.54 Å². The van der Waals surface area contributed by atoms with E-state index in [1.165, 1.54) is 11.1 Å². The lowest BCUT2D eigenvalue weighted by atomic mass is 9.99. The number of aryl methyl sites for hydroxylation is 1. The summed E-state index contributed by atoms with van der Waals surface area (Å²) in [7, 11) is 0. The second-order valence-electron chi connectivity index (χ2n) is 6.73. The summed E-state index contributed by atoms with van der Waals surface area (Å²) < 4.78 is 2.97. The van der Waals surface area contributed by atoms with Gasteiger partial charge in [-0.1, -0.05) is 57.9 Å². The number of carbonyl (C=O) groups is 1. The van der Waals surface area contributed by atoms with E-state index in [9.17, 15) is 4.79 Å². The van der Waals surface area contributed by atoms with Gasteiger partial charge in [0.1, 0.15) is 6.54 Å². The second kappa shape index (κ2) is 7.08. The summed E-state index contributed by atoms with van der Waals surface area (Å²) >= 11 is 3.55. The van der Waals surface area contributed by atoms with Crippen molar-refractivity contribution in [3.8, 4) is 0 Å². The molecule has 0 saturated carbocycles. The van der Waals surface area contributed by atoms with Crippen LogP contribution in [0.3, 0.4) is 0 Å². The van der Waals surface area contributed by atoms with Crippen LogP contribution in [0, 0.1) is 6.92 Å². The molecule has 0 N–H and O–H groups in total. The standard InChI is InChI=1S/C21H20BrN3O/c1-15-5-7-16(8-6-15)9-10-25-20(26)13-24-14-23-12-19(24)21(25)17-3-2-4-18(22)11-17/h2-8,11-12,14,21H,9-10,13H2,1H3. The van der Waals surface area contributed by atoms with Crippen molar-refractivity contribution in [3.63, 3.8) is 0 Å². The monoisotopic (exact) mass is 409 g/mol. The Kier molecular flexibility index (Phi) is 4.64. The van der Waals surface area contributed by atoms with Gasteiger partial charge in [-0.15, -0.1) is 0 Å². The average molecular weight is 410 g/mol. The Bertz CT molecular complexity index is 932. The third kappa shape index (κ3) is 3.31. The Morgan fingerprint density at radius 3 is 2.77 bits per heavy atom. The van der Waals surface area contributed by atoms with Gasteiger partial charge in [-0.25, -0.2) is 4.98 Å². The van der Waals surface area contributed by atoms with Crippen LogP contribution in [0.1, 0.15) is 28.4 Å². The van der Waals surface area contributed by atoms with E-state index in [1.54, 1.807) is 6.33 Å². The topological polar surface area (TPSA) is 38.1 Å². The second-order valence-corrected chi connectivity index (χ2v) is 7.64. The van der Waals surface area contributed by atoms with Gasteiger partial charge in [0.05, 0.1) is 24.3 Å². The highest BCUT2D eigenvalue weighted by molar-refractivity contribution is 9.10. The molecule has 1 aromatic heterocycles. The van der Waals surface area contributed by atoms with Crippen molar-refractivity contribution >= 4 is 21.8 Å². The van der Waals surface area contributed by atoms with Crippen molar-refractivity contribution in [3.05, 3.63) is 87.9 Å². The van der Waals surface area contributed by atoms with Crippen LogP contribution in [-0.2, 0) is 17.8 Å². The summed E-state index contributed by atoms with van der Waals surface area (Å²) in [5.41, 5.74) is 4.65. The number of carbonyl (C=O) groups excluding carboxylic acids is 1. The van der Waals surface area contributed by atoms with E-state index >= 15 is 0 Å². The third-order valence-electron chi connectivity index (χ3n) is 4.89. The van der Waals surface area contributed by atoms with E-state index in [1.807, 2.05) is 27.8 Å². The van der Waals surface area contributed by atoms with Gasteiger partial charge in [0.25, 0.3) is 0 Å². The van der Waals surface area contributed by atoms with Crippen molar-refractivity contribution < 1.29 is 4.79 Å². The number of hydrogen-bond donors (Lipinski definition) is 0. The Morgan fingerprint density at radius 1 is 1.19 bits per heavy atom. The summed E-state index contributed by atoms with van der Waals surface area (Å²) in [6.07, 6.45) is 4.46. The molecule has 1 atom stereocenters. The molecule has 0 bridgehead atoms. The van der Waals surface area contributed by atoms with Crippen LogP contribution in [0.5, 0.6) is 0 Å². The summed E-state index contributed by atoms with van der Waals surface area (Å²) in [6, 6.07) is 16.6. The molecule has 1 amide bonds. The molecule has 4 rings (SSSR count). The van der Waals surface area contributed by atoms with Gasteiger partial charge in [0.2, 0.25) is 5.91 Å². The van der Waals surface area contributed by atoms with Crippen LogP contribution in [0.2, 0.25) is 0 Å². The number of nitrogens with zero attached hydrogens (tertiary/aromatic N) is 3. The van der Waals surface area contributed by atoms with E-state index < -0.39 is 0 Å². The van der Waals surface area contributed by atoms with Crippen molar-refractivity contribution in [1.82, 2.24) is 14.5 Å². The molecule has 0 fully saturated rings. The van der Waals surface area contributed by atoms with Crippen molar-refractivity contribution in [1.29, 1.82) is 0 Å². The molecule has 4 nitrogen and oxygen atoms in total. The quantitative estimate of drug-likeness (QED) is 0.649. The number of benzene rings is 2. The first-order chi connectivity index (χ1) is 12.6. The normalized spacial score (nSPS) is 16.6. The highest BCUT2D eigenvalue weighted by Crippen LogP contribution is 2.33. The molecular formula is C21H20BrN3O. The van der Waals surface area contributed by atoms with Crippen molar-refractivity contribution in [2.45, 2.75) is 25.9 Å². The summed E-state index contributed by atoms with van der Waals surface area (Å²) in [6.45, 7) is 3.13. The minimum Gasteiger partial charge on any atom is -0.328 e. The van der Waals surface area contributed by atoms with Gasteiger partial charge in [0, 0.05) is 11.0 Å². The first kappa shape index (κ1) is 17.0. The predicted octanol–water partition coefficient (Wildman–Crippen LogP) is 4.13. The highest BCUT2D eigenvalue weighted by atomic mass is 79.9. The number of amides is 1. The number of aromatic nitrogens is 2. The van der Waals surface area contributed by atoms with E-state index in [2.05, 4.69) is 64.2 Å². The van der Waals surface area contributed by atoms with Gasteiger partial charge in [-0.3, -0.25) is 4.79 Å². The zero-order chi connectivity index (χ0) is 18.1. The molecule has 1 unspecified atom stereocenters. The van der Waals surface area contributed by atoms with Crippen LogP contribution in [0.4, 0.5) is 0 Å². The molecule has 0 radical (unpaired) electrons. The molecular weight excluding hydrogens is 390 g/mol. The molecule has 26 heavy (non-hydrogen) atoms. The van der Waals surface area contributed by atoms with Crippen molar-refractivity contribution in [2.24, 2.45) is 0 Å². The largest absolute Gasteiger partial charge is 0.328 e. The van der Waals surface area contributed by atoms with Gasteiger partial charge < -0.3 is 9.47 Å². The summed E-state index contributed by atoms with van der Waals surface area (Å²) in [4.78, 5) is 19.1. The first-order valence-electron chi connectivity index (χ1n) is 8.72. The lowest BCUT2D eigenvalue weighted by Crippen LogP contribution is -2.44. The van der Waals surface area contributed by atoms with Gasteiger partial charge in [0.15, 0.2) is 0 Å². The molecule has 0 aliphatic carbocycles. The number of halogens is 1. The fourth-order valence-corrected chi connectivity index (χ4v) is 3.93. The zero-order valence-corrected chi connectivity index (χ0v) is 16.2. The Labute approximate surface area is 161 Å². The molecule has 5 heteroatoms. The Hall–Kier alpha value is -2.40. The minimum absolute atomic E-state index is 0.110. The molecule has 1 aliphatic rings. The van der Waals surface area contributed by atoms with Crippen LogP contribution in [0.25, 0.3) is 0 Å². The highest BCUT2D eigenvalue weighted by Gasteiger charge is 2.33. The van der Waals surface area contributed by atoms with Crippen LogP contribution >= 0.6 is 15.9 Å². The summed E-state index contributed by atoms with van der Waals surface area (Å²) in [5.74, 6) is 0.132.